The van der Waals surface area contributed by atoms with Gasteiger partial charge in [-0.1, -0.05) is 0 Å². The predicted molar refractivity (Wildman–Crippen MR) is 112 cm³/mol. The van der Waals surface area contributed by atoms with E-state index in [1.807, 2.05) is 6.92 Å². The topological polar surface area (TPSA) is 118 Å². The molecule has 2 aromatic heterocycles. The predicted octanol–water partition coefficient (Wildman–Crippen LogP) is 3.20. The summed E-state index contributed by atoms with van der Waals surface area (Å²) in [5.74, 6) is -0.285. The van der Waals surface area contributed by atoms with E-state index < -0.39 is 11.4 Å². The minimum Gasteiger partial charge on any atom is -0.475 e. The Labute approximate surface area is 181 Å². The molecule has 2 aromatic rings. The standard InChI is InChI=1S/C21H28FN7O2/c1-13-18(10-25-29(13)21(3,4)12-23)27-20-24-9-17(22)19(28-20)31-11-15-5-7-16(8-6-15)26-14(2)30/h9-10,15-16H,5-8,11H2,1-4H3,(H,26,30)(H,24,27,28)/t15-,16-. The maximum atomic E-state index is 14.2. The van der Waals surface area contributed by atoms with Crippen molar-refractivity contribution >= 4 is 17.5 Å². The zero-order chi connectivity index (χ0) is 22.6. The second kappa shape index (κ2) is 9.29. The normalized spacial score (nSPS) is 18.8. The summed E-state index contributed by atoms with van der Waals surface area (Å²) in [5, 5.41) is 19.5. The molecule has 2 N–H and O–H groups in total. The maximum Gasteiger partial charge on any atom is 0.255 e. The van der Waals surface area contributed by atoms with Crippen LogP contribution >= 0.6 is 0 Å². The van der Waals surface area contributed by atoms with E-state index in [9.17, 15) is 14.4 Å². The van der Waals surface area contributed by atoms with Crippen molar-refractivity contribution in [3.63, 3.8) is 0 Å². The fourth-order valence-corrected chi connectivity index (χ4v) is 3.73. The number of carbonyl (C=O) groups excluding carboxylic acids is 1. The number of aromatic nitrogens is 4. The Bertz CT molecular complexity index is 975. The molecule has 0 aliphatic heterocycles. The lowest BCUT2D eigenvalue weighted by Gasteiger charge is -2.28. The van der Waals surface area contributed by atoms with Crippen LogP contribution in [-0.4, -0.2) is 38.3 Å². The second-order valence-electron chi connectivity index (χ2n) is 8.43. The van der Waals surface area contributed by atoms with Gasteiger partial charge in [0.1, 0.15) is 5.54 Å². The molecule has 0 aromatic carbocycles. The Hall–Kier alpha value is -3.22. The molecule has 0 radical (unpaired) electrons. The zero-order valence-corrected chi connectivity index (χ0v) is 18.3. The molecule has 1 amide bonds. The third kappa shape index (κ3) is 5.48. The quantitative estimate of drug-likeness (QED) is 0.694. The van der Waals surface area contributed by atoms with Gasteiger partial charge in [0.15, 0.2) is 0 Å². The molecule has 0 saturated heterocycles. The van der Waals surface area contributed by atoms with Crippen LogP contribution in [0.5, 0.6) is 5.88 Å². The summed E-state index contributed by atoms with van der Waals surface area (Å²) in [7, 11) is 0. The van der Waals surface area contributed by atoms with Crippen LogP contribution in [0, 0.1) is 30.0 Å². The van der Waals surface area contributed by atoms with Crippen LogP contribution in [0.1, 0.15) is 52.1 Å². The molecule has 0 atom stereocenters. The SMILES string of the molecule is CC(=O)N[C@H]1CC[C@H](COc2nc(Nc3cnn(C(C)(C)C#N)c3C)ncc2F)CC1. The summed E-state index contributed by atoms with van der Waals surface area (Å²) in [6.45, 7) is 7.23. The van der Waals surface area contributed by atoms with Gasteiger partial charge < -0.3 is 15.4 Å². The average Bonchev–Trinajstić information content (AvgIpc) is 3.10. The number of carbonyl (C=O) groups is 1. The van der Waals surface area contributed by atoms with Gasteiger partial charge in [-0.25, -0.2) is 9.67 Å². The number of nitrogens with one attached hydrogen (secondary N) is 2. The Morgan fingerprint density at radius 2 is 2.06 bits per heavy atom. The largest absolute Gasteiger partial charge is 0.475 e. The van der Waals surface area contributed by atoms with Crippen LogP contribution in [0.25, 0.3) is 0 Å². The first kappa shape index (κ1) is 22.5. The van der Waals surface area contributed by atoms with Crippen molar-refractivity contribution in [2.24, 2.45) is 5.92 Å². The fourth-order valence-electron chi connectivity index (χ4n) is 3.73. The van der Waals surface area contributed by atoms with Gasteiger partial charge in [0.25, 0.3) is 5.88 Å². The molecule has 31 heavy (non-hydrogen) atoms. The monoisotopic (exact) mass is 429 g/mol. The van der Waals surface area contributed by atoms with E-state index >= 15 is 0 Å². The first-order valence-electron chi connectivity index (χ1n) is 10.4. The number of ether oxygens (including phenoxy) is 1. The molecule has 3 rings (SSSR count). The smallest absolute Gasteiger partial charge is 0.255 e. The third-order valence-electron chi connectivity index (χ3n) is 5.48. The molecule has 1 aliphatic rings. The number of halogens is 1. The number of hydrogen-bond acceptors (Lipinski definition) is 7. The number of rotatable bonds is 7. The van der Waals surface area contributed by atoms with E-state index in [1.165, 1.54) is 6.92 Å². The Morgan fingerprint density at radius 3 is 2.71 bits per heavy atom. The number of anilines is 2. The fraction of sp³-hybridized carbons (Fsp3) is 0.571. The van der Waals surface area contributed by atoms with Crippen molar-refractivity contribution in [2.45, 2.75) is 65.0 Å². The van der Waals surface area contributed by atoms with E-state index in [0.717, 1.165) is 37.6 Å². The highest BCUT2D eigenvalue weighted by Gasteiger charge is 2.25. The molecular formula is C21H28FN7O2. The molecule has 1 fully saturated rings. The van der Waals surface area contributed by atoms with Gasteiger partial charge in [0.2, 0.25) is 17.7 Å². The van der Waals surface area contributed by atoms with E-state index in [4.69, 9.17) is 4.74 Å². The molecule has 166 valence electrons. The van der Waals surface area contributed by atoms with Crippen LogP contribution in [0.15, 0.2) is 12.4 Å². The molecule has 10 heteroatoms. The third-order valence-corrected chi connectivity index (χ3v) is 5.48. The number of nitriles is 1. The minimum absolute atomic E-state index is 0.0141. The summed E-state index contributed by atoms with van der Waals surface area (Å²) in [6, 6.07) is 2.41. The number of amides is 1. The molecule has 9 nitrogen and oxygen atoms in total. The summed E-state index contributed by atoms with van der Waals surface area (Å²) >= 11 is 0. The van der Waals surface area contributed by atoms with Crippen molar-refractivity contribution in [1.82, 2.24) is 25.1 Å². The van der Waals surface area contributed by atoms with Gasteiger partial charge in [-0.15, -0.1) is 0 Å². The molecule has 1 saturated carbocycles. The van der Waals surface area contributed by atoms with Gasteiger partial charge in [0.05, 0.1) is 36.5 Å². The Kier molecular flexibility index (Phi) is 6.73. The van der Waals surface area contributed by atoms with E-state index in [-0.39, 0.29) is 29.7 Å². The molecular weight excluding hydrogens is 401 g/mol. The van der Waals surface area contributed by atoms with Crippen molar-refractivity contribution in [3.05, 3.63) is 23.9 Å². The lowest BCUT2D eigenvalue weighted by molar-refractivity contribution is -0.119. The van der Waals surface area contributed by atoms with Gasteiger partial charge in [-0.2, -0.15) is 19.7 Å². The van der Waals surface area contributed by atoms with Crippen molar-refractivity contribution < 1.29 is 13.9 Å². The molecule has 0 bridgehead atoms. The summed E-state index contributed by atoms with van der Waals surface area (Å²) in [6.07, 6.45) is 6.21. The second-order valence-corrected chi connectivity index (χ2v) is 8.43. The minimum atomic E-state index is -0.805. The van der Waals surface area contributed by atoms with Crippen LogP contribution in [0.3, 0.4) is 0 Å². The van der Waals surface area contributed by atoms with Crippen LogP contribution in [0.2, 0.25) is 0 Å². The lowest BCUT2D eigenvalue weighted by atomic mass is 9.86. The highest BCUT2D eigenvalue weighted by Crippen LogP contribution is 2.27. The van der Waals surface area contributed by atoms with Gasteiger partial charge in [-0.3, -0.25) is 4.79 Å². The van der Waals surface area contributed by atoms with Gasteiger partial charge in [-0.05, 0) is 52.4 Å². The highest BCUT2D eigenvalue weighted by atomic mass is 19.1. The summed E-state index contributed by atoms with van der Waals surface area (Å²) < 4.78 is 21.4. The zero-order valence-electron chi connectivity index (χ0n) is 18.3. The summed E-state index contributed by atoms with van der Waals surface area (Å²) in [5.41, 5.74) is 0.552. The van der Waals surface area contributed by atoms with Gasteiger partial charge >= 0.3 is 0 Å². The highest BCUT2D eigenvalue weighted by molar-refractivity contribution is 5.73. The van der Waals surface area contributed by atoms with Crippen LogP contribution in [0.4, 0.5) is 16.0 Å². The van der Waals surface area contributed by atoms with Crippen molar-refractivity contribution in [2.75, 3.05) is 11.9 Å². The molecule has 1 aliphatic carbocycles. The van der Waals surface area contributed by atoms with Gasteiger partial charge in [0, 0.05) is 13.0 Å². The first-order chi connectivity index (χ1) is 14.7. The summed E-state index contributed by atoms with van der Waals surface area (Å²) in [4.78, 5) is 19.3. The van der Waals surface area contributed by atoms with E-state index in [2.05, 4.69) is 31.8 Å². The Balaban J connectivity index is 1.61. The first-order valence-corrected chi connectivity index (χ1v) is 10.4. The molecule has 0 unspecified atom stereocenters. The van der Waals surface area contributed by atoms with E-state index in [0.29, 0.717) is 12.3 Å². The van der Waals surface area contributed by atoms with E-state index in [1.54, 1.807) is 24.7 Å². The molecule has 2 heterocycles. The molecule has 0 spiro atoms. The number of hydrogen-bond donors (Lipinski definition) is 2. The number of nitrogens with zero attached hydrogens (tertiary/aromatic N) is 5. The Morgan fingerprint density at radius 1 is 1.35 bits per heavy atom. The van der Waals surface area contributed by atoms with Crippen LogP contribution in [-0.2, 0) is 10.3 Å². The van der Waals surface area contributed by atoms with Crippen LogP contribution < -0.4 is 15.4 Å². The van der Waals surface area contributed by atoms with Crippen molar-refractivity contribution in [1.29, 1.82) is 5.26 Å². The average molecular weight is 430 g/mol. The maximum absolute atomic E-state index is 14.2. The van der Waals surface area contributed by atoms with Crippen molar-refractivity contribution in [3.8, 4) is 11.9 Å². The lowest BCUT2D eigenvalue weighted by Crippen LogP contribution is -2.37.